The predicted octanol–water partition coefficient (Wildman–Crippen LogP) is 2.39. The number of rotatable bonds is 3. The van der Waals surface area contributed by atoms with Gasteiger partial charge in [-0.25, -0.2) is 4.79 Å². The Bertz CT molecular complexity index is 529. The Hall–Kier alpha value is -1.84. The number of aromatic nitrogens is 2. The van der Waals surface area contributed by atoms with Crippen LogP contribution in [-0.2, 0) is 6.54 Å². The van der Waals surface area contributed by atoms with Crippen LogP contribution in [0.4, 0.5) is 0 Å². The molecule has 0 radical (unpaired) electrons. The summed E-state index contributed by atoms with van der Waals surface area (Å²) in [7, 11) is 0. The molecule has 0 aliphatic rings. The summed E-state index contributed by atoms with van der Waals surface area (Å²) in [5, 5.41) is 14.2. The predicted molar refractivity (Wildman–Crippen MR) is 61.5 cm³/mol. The molecule has 2 aromatic rings. The van der Waals surface area contributed by atoms with Gasteiger partial charge in [-0.1, -0.05) is 19.9 Å². The molecule has 4 nitrogen and oxygen atoms in total. The molecule has 16 heavy (non-hydrogen) atoms. The Kier molecular flexibility index (Phi) is 2.64. The van der Waals surface area contributed by atoms with Crippen molar-refractivity contribution in [1.29, 1.82) is 0 Å². The van der Waals surface area contributed by atoms with Crippen LogP contribution >= 0.6 is 0 Å². The molecule has 0 amide bonds. The lowest BCUT2D eigenvalue weighted by Crippen LogP contribution is -2.06. The van der Waals surface area contributed by atoms with Gasteiger partial charge in [-0.3, -0.25) is 4.68 Å². The zero-order chi connectivity index (χ0) is 11.7. The highest BCUT2D eigenvalue weighted by atomic mass is 16.4. The monoisotopic (exact) mass is 218 g/mol. The fraction of sp³-hybridized carbons (Fsp3) is 0.333. The first kappa shape index (κ1) is 10.7. The maximum absolute atomic E-state index is 10.9. The van der Waals surface area contributed by atoms with E-state index in [4.69, 9.17) is 5.11 Å². The van der Waals surface area contributed by atoms with Gasteiger partial charge < -0.3 is 5.11 Å². The van der Waals surface area contributed by atoms with Gasteiger partial charge >= 0.3 is 5.97 Å². The van der Waals surface area contributed by atoms with Crippen molar-refractivity contribution in [3.05, 3.63) is 30.0 Å². The maximum Gasteiger partial charge on any atom is 0.335 e. The average molecular weight is 218 g/mol. The Morgan fingerprint density at radius 3 is 2.88 bits per heavy atom. The first-order valence-corrected chi connectivity index (χ1v) is 5.27. The molecule has 1 N–H and O–H groups in total. The molecule has 84 valence electrons. The quantitative estimate of drug-likeness (QED) is 0.860. The molecule has 0 unspecified atom stereocenters. The minimum atomic E-state index is -0.904. The highest BCUT2D eigenvalue weighted by molar-refractivity contribution is 5.93. The summed E-state index contributed by atoms with van der Waals surface area (Å²) >= 11 is 0. The molecule has 0 fully saturated rings. The summed E-state index contributed by atoms with van der Waals surface area (Å²) in [5.41, 5.74) is 1.19. The summed E-state index contributed by atoms with van der Waals surface area (Å²) in [6, 6.07) is 5.07. The summed E-state index contributed by atoms with van der Waals surface area (Å²) in [6.45, 7) is 5.01. The van der Waals surface area contributed by atoms with E-state index in [0.717, 1.165) is 17.4 Å². The maximum atomic E-state index is 10.9. The summed E-state index contributed by atoms with van der Waals surface area (Å²) in [4.78, 5) is 10.9. The summed E-state index contributed by atoms with van der Waals surface area (Å²) in [5.74, 6) is -0.421. The van der Waals surface area contributed by atoms with E-state index in [-0.39, 0.29) is 0 Å². The Labute approximate surface area is 93.5 Å². The van der Waals surface area contributed by atoms with Crippen molar-refractivity contribution in [1.82, 2.24) is 9.78 Å². The van der Waals surface area contributed by atoms with Crippen molar-refractivity contribution in [3.8, 4) is 0 Å². The number of fused-ring (bicyclic) bond motifs is 1. The Morgan fingerprint density at radius 1 is 1.50 bits per heavy atom. The molecule has 0 spiro atoms. The van der Waals surface area contributed by atoms with Crippen molar-refractivity contribution in [3.63, 3.8) is 0 Å². The molecule has 0 aliphatic heterocycles. The number of aromatic carboxylic acids is 1. The van der Waals surface area contributed by atoms with Gasteiger partial charge in [0.15, 0.2) is 0 Å². The van der Waals surface area contributed by atoms with Crippen LogP contribution in [0.1, 0.15) is 24.2 Å². The number of benzene rings is 1. The van der Waals surface area contributed by atoms with Crippen LogP contribution in [0.2, 0.25) is 0 Å². The smallest absolute Gasteiger partial charge is 0.335 e. The van der Waals surface area contributed by atoms with Crippen molar-refractivity contribution < 1.29 is 9.90 Å². The Morgan fingerprint density at radius 2 is 2.25 bits per heavy atom. The average Bonchev–Trinajstić information content (AvgIpc) is 2.60. The number of carboxylic acid groups (broad SMARTS) is 1. The highest BCUT2D eigenvalue weighted by Crippen LogP contribution is 2.17. The molecule has 4 heteroatoms. The molecule has 1 aromatic heterocycles. The van der Waals surface area contributed by atoms with E-state index >= 15 is 0 Å². The van der Waals surface area contributed by atoms with Gasteiger partial charge in [-0.15, -0.1) is 0 Å². The van der Waals surface area contributed by atoms with E-state index in [9.17, 15) is 4.79 Å². The molecule has 0 bridgehead atoms. The molecule has 0 atom stereocenters. The molecule has 0 saturated carbocycles. The molecule has 2 rings (SSSR count). The van der Waals surface area contributed by atoms with Gasteiger partial charge in [0.2, 0.25) is 0 Å². The highest BCUT2D eigenvalue weighted by Gasteiger charge is 2.08. The van der Waals surface area contributed by atoms with Gasteiger partial charge in [0.05, 0.1) is 17.3 Å². The number of carboxylic acids is 1. The largest absolute Gasteiger partial charge is 0.478 e. The number of hydrogen-bond donors (Lipinski definition) is 1. The minimum absolute atomic E-state index is 0.304. The van der Waals surface area contributed by atoms with Crippen LogP contribution < -0.4 is 0 Å². The summed E-state index contributed by atoms with van der Waals surface area (Å²) < 4.78 is 1.85. The lowest BCUT2D eigenvalue weighted by Gasteiger charge is -2.06. The zero-order valence-corrected chi connectivity index (χ0v) is 9.34. The standard InChI is InChI=1S/C12H14N2O2/c1-8(2)7-14-11-5-9(12(15)16)3-4-10(11)6-13-14/h3-6,8H,7H2,1-2H3,(H,15,16). The zero-order valence-electron chi connectivity index (χ0n) is 9.34. The molecular formula is C12H14N2O2. The third kappa shape index (κ3) is 1.91. The first-order chi connectivity index (χ1) is 7.58. The normalized spacial score (nSPS) is 11.2. The SMILES string of the molecule is CC(C)Cn1ncc2ccc(C(=O)O)cc21. The first-order valence-electron chi connectivity index (χ1n) is 5.27. The van der Waals surface area contributed by atoms with Gasteiger partial charge in [0, 0.05) is 11.9 Å². The van der Waals surface area contributed by atoms with Gasteiger partial charge in [-0.05, 0) is 18.1 Å². The van der Waals surface area contributed by atoms with Crippen molar-refractivity contribution in [2.45, 2.75) is 20.4 Å². The van der Waals surface area contributed by atoms with E-state index in [1.54, 1.807) is 24.4 Å². The molecule has 0 saturated heterocycles. The van der Waals surface area contributed by atoms with Gasteiger partial charge in [0.25, 0.3) is 0 Å². The van der Waals surface area contributed by atoms with Crippen molar-refractivity contribution in [2.24, 2.45) is 5.92 Å². The molecular weight excluding hydrogens is 204 g/mol. The number of carbonyl (C=O) groups is 1. The van der Waals surface area contributed by atoms with E-state index in [1.807, 2.05) is 4.68 Å². The van der Waals surface area contributed by atoms with Crippen molar-refractivity contribution in [2.75, 3.05) is 0 Å². The van der Waals surface area contributed by atoms with Crippen LogP contribution in [0, 0.1) is 5.92 Å². The van der Waals surface area contributed by atoms with Crippen molar-refractivity contribution >= 4 is 16.9 Å². The molecule has 1 heterocycles. The topological polar surface area (TPSA) is 55.1 Å². The van der Waals surface area contributed by atoms with Crippen LogP contribution in [0.25, 0.3) is 10.9 Å². The van der Waals surface area contributed by atoms with E-state index < -0.39 is 5.97 Å². The third-order valence-corrected chi connectivity index (χ3v) is 2.43. The molecule has 1 aromatic carbocycles. The van der Waals surface area contributed by atoms with Crippen LogP contribution in [0.3, 0.4) is 0 Å². The minimum Gasteiger partial charge on any atom is -0.478 e. The lowest BCUT2D eigenvalue weighted by molar-refractivity contribution is 0.0697. The third-order valence-electron chi connectivity index (χ3n) is 2.43. The number of nitrogens with zero attached hydrogens (tertiary/aromatic N) is 2. The second-order valence-electron chi connectivity index (χ2n) is 4.30. The van der Waals surface area contributed by atoms with Gasteiger partial charge in [-0.2, -0.15) is 5.10 Å². The van der Waals surface area contributed by atoms with Gasteiger partial charge in [0.1, 0.15) is 0 Å². The van der Waals surface area contributed by atoms with Crippen LogP contribution in [-0.4, -0.2) is 20.9 Å². The van der Waals surface area contributed by atoms with E-state index in [2.05, 4.69) is 18.9 Å². The number of hydrogen-bond acceptors (Lipinski definition) is 2. The van der Waals surface area contributed by atoms with Crippen LogP contribution in [0.15, 0.2) is 24.4 Å². The second-order valence-corrected chi connectivity index (χ2v) is 4.30. The second kappa shape index (κ2) is 3.96. The van der Waals surface area contributed by atoms with E-state index in [1.165, 1.54) is 0 Å². The fourth-order valence-corrected chi connectivity index (χ4v) is 1.69. The Balaban J connectivity index is 2.51. The lowest BCUT2D eigenvalue weighted by atomic mass is 10.1. The molecule has 0 aliphatic carbocycles. The fourth-order valence-electron chi connectivity index (χ4n) is 1.69. The van der Waals surface area contributed by atoms with Crippen LogP contribution in [0.5, 0.6) is 0 Å². The van der Waals surface area contributed by atoms with E-state index in [0.29, 0.717) is 11.5 Å². The summed E-state index contributed by atoms with van der Waals surface area (Å²) in [6.07, 6.45) is 1.77.